The molecule has 1 N–H and O–H groups in total. The Morgan fingerprint density at radius 2 is 1.79 bits per heavy atom. The molecule has 2 aromatic carbocycles. The lowest BCUT2D eigenvalue weighted by atomic mass is 10.1. The van der Waals surface area contributed by atoms with Crippen molar-refractivity contribution in [2.75, 3.05) is 0 Å². The van der Waals surface area contributed by atoms with E-state index in [0.717, 1.165) is 5.56 Å². The van der Waals surface area contributed by atoms with Crippen molar-refractivity contribution in [3.8, 4) is 22.8 Å². The molecule has 1 heterocycles. The standard InChI is InChI=1S/C15H12FN3/c1-10-6-5-9-12(13(10)16)15-17-14(18-19-15)11-7-3-2-4-8-11/h2-9H,1H3,(H,17,18,19). The second-order valence-electron chi connectivity index (χ2n) is 4.31. The topological polar surface area (TPSA) is 41.6 Å². The van der Waals surface area contributed by atoms with E-state index < -0.39 is 0 Å². The minimum atomic E-state index is -0.265. The lowest BCUT2D eigenvalue weighted by molar-refractivity contribution is 0.621. The van der Waals surface area contributed by atoms with Crippen molar-refractivity contribution < 1.29 is 4.39 Å². The monoisotopic (exact) mass is 253 g/mol. The highest BCUT2D eigenvalue weighted by atomic mass is 19.1. The highest BCUT2D eigenvalue weighted by molar-refractivity contribution is 5.62. The summed E-state index contributed by atoms with van der Waals surface area (Å²) in [7, 11) is 0. The van der Waals surface area contributed by atoms with Crippen molar-refractivity contribution in [2.45, 2.75) is 6.92 Å². The fourth-order valence-corrected chi connectivity index (χ4v) is 1.93. The molecule has 0 fully saturated rings. The molecule has 0 atom stereocenters. The smallest absolute Gasteiger partial charge is 0.181 e. The summed E-state index contributed by atoms with van der Waals surface area (Å²) in [6.45, 7) is 1.73. The Labute approximate surface area is 110 Å². The molecule has 0 radical (unpaired) electrons. The van der Waals surface area contributed by atoms with Gasteiger partial charge in [0.15, 0.2) is 11.6 Å². The van der Waals surface area contributed by atoms with Gasteiger partial charge in [-0.05, 0) is 18.6 Å². The molecule has 19 heavy (non-hydrogen) atoms. The summed E-state index contributed by atoms with van der Waals surface area (Å²) in [5.74, 6) is 0.745. The van der Waals surface area contributed by atoms with E-state index in [-0.39, 0.29) is 5.82 Å². The van der Waals surface area contributed by atoms with E-state index in [1.165, 1.54) is 0 Å². The number of hydrogen-bond donors (Lipinski definition) is 1. The molecule has 0 amide bonds. The molecule has 3 nitrogen and oxygen atoms in total. The third-order valence-corrected chi connectivity index (χ3v) is 2.96. The van der Waals surface area contributed by atoms with Gasteiger partial charge in [0.25, 0.3) is 0 Å². The van der Waals surface area contributed by atoms with Gasteiger partial charge in [-0.15, -0.1) is 0 Å². The van der Waals surface area contributed by atoms with E-state index in [4.69, 9.17) is 0 Å². The lowest BCUT2D eigenvalue weighted by Gasteiger charge is -2.01. The van der Waals surface area contributed by atoms with E-state index in [2.05, 4.69) is 15.2 Å². The van der Waals surface area contributed by atoms with Gasteiger partial charge in [-0.2, -0.15) is 5.10 Å². The molecule has 0 bridgehead atoms. The van der Waals surface area contributed by atoms with Gasteiger partial charge in [-0.1, -0.05) is 42.5 Å². The Balaban J connectivity index is 2.05. The maximum atomic E-state index is 14.0. The minimum Gasteiger partial charge on any atom is -0.259 e. The largest absolute Gasteiger partial charge is 0.259 e. The number of benzene rings is 2. The second-order valence-corrected chi connectivity index (χ2v) is 4.31. The number of H-pyrrole nitrogens is 1. The van der Waals surface area contributed by atoms with Crippen molar-refractivity contribution in [3.63, 3.8) is 0 Å². The van der Waals surface area contributed by atoms with Crippen LogP contribution in [0.3, 0.4) is 0 Å². The first-order valence-electron chi connectivity index (χ1n) is 5.99. The molecular weight excluding hydrogens is 241 g/mol. The summed E-state index contributed by atoms with van der Waals surface area (Å²) in [6.07, 6.45) is 0. The fraction of sp³-hybridized carbons (Fsp3) is 0.0667. The molecule has 94 valence electrons. The van der Waals surface area contributed by atoms with Crippen LogP contribution in [0.4, 0.5) is 4.39 Å². The van der Waals surface area contributed by atoms with E-state index in [0.29, 0.717) is 22.8 Å². The van der Waals surface area contributed by atoms with Crippen LogP contribution in [0.25, 0.3) is 22.8 Å². The van der Waals surface area contributed by atoms with Crippen LogP contribution >= 0.6 is 0 Å². The normalized spacial score (nSPS) is 10.6. The summed E-state index contributed by atoms with van der Waals surface area (Å²) in [6, 6.07) is 14.8. The first-order chi connectivity index (χ1) is 9.25. The summed E-state index contributed by atoms with van der Waals surface area (Å²) in [4.78, 5) is 4.35. The van der Waals surface area contributed by atoms with E-state index in [1.807, 2.05) is 30.3 Å². The zero-order chi connectivity index (χ0) is 13.2. The average molecular weight is 253 g/mol. The van der Waals surface area contributed by atoms with Gasteiger partial charge in [-0.25, -0.2) is 9.37 Å². The predicted molar refractivity (Wildman–Crippen MR) is 71.9 cm³/mol. The molecule has 0 aliphatic rings. The first-order valence-corrected chi connectivity index (χ1v) is 5.99. The summed E-state index contributed by atoms with van der Waals surface area (Å²) in [5, 5.41) is 6.92. The van der Waals surface area contributed by atoms with Gasteiger partial charge < -0.3 is 0 Å². The molecule has 0 saturated heterocycles. The van der Waals surface area contributed by atoms with Crippen LogP contribution in [-0.4, -0.2) is 15.2 Å². The van der Waals surface area contributed by atoms with E-state index in [1.54, 1.807) is 25.1 Å². The van der Waals surface area contributed by atoms with Crippen LogP contribution in [0.5, 0.6) is 0 Å². The predicted octanol–water partition coefficient (Wildman–Crippen LogP) is 3.59. The number of nitrogens with one attached hydrogen (secondary N) is 1. The maximum absolute atomic E-state index is 14.0. The van der Waals surface area contributed by atoms with Crippen LogP contribution in [0.2, 0.25) is 0 Å². The number of aromatic nitrogens is 3. The minimum absolute atomic E-state index is 0.265. The SMILES string of the molecule is Cc1cccc(-c2nc(-c3ccccc3)n[nH]2)c1F. The van der Waals surface area contributed by atoms with E-state index in [9.17, 15) is 4.39 Å². The van der Waals surface area contributed by atoms with Gasteiger partial charge >= 0.3 is 0 Å². The van der Waals surface area contributed by atoms with Crippen molar-refractivity contribution in [1.82, 2.24) is 15.2 Å². The molecule has 0 saturated carbocycles. The number of nitrogens with zero attached hydrogens (tertiary/aromatic N) is 2. The zero-order valence-corrected chi connectivity index (χ0v) is 10.4. The first kappa shape index (κ1) is 11.6. The number of hydrogen-bond acceptors (Lipinski definition) is 2. The number of rotatable bonds is 2. The Kier molecular flexibility index (Phi) is 2.83. The highest BCUT2D eigenvalue weighted by Crippen LogP contribution is 2.23. The van der Waals surface area contributed by atoms with Gasteiger partial charge in [0.1, 0.15) is 5.82 Å². The zero-order valence-electron chi connectivity index (χ0n) is 10.4. The van der Waals surface area contributed by atoms with E-state index >= 15 is 0 Å². The molecular formula is C15H12FN3. The number of aryl methyl sites for hydroxylation is 1. The molecule has 4 heteroatoms. The van der Waals surface area contributed by atoms with Crippen molar-refractivity contribution >= 4 is 0 Å². The van der Waals surface area contributed by atoms with Crippen molar-refractivity contribution in [1.29, 1.82) is 0 Å². The van der Waals surface area contributed by atoms with Gasteiger partial charge in [0.2, 0.25) is 0 Å². The van der Waals surface area contributed by atoms with Crippen LogP contribution in [0.1, 0.15) is 5.56 Å². The Bertz CT molecular complexity index is 704. The van der Waals surface area contributed by atoms with Crippen LogP contribution in [0.15, 0.2) is 48.5 Å². The molecule has 0 aliphatic heterocycles. The number of aromatic amines is 1. The average Bonchev–Trinajstić information content (AvgIpc) is 2.92. The molecule has 0 aliphatic carbocycles. The quantitative estimate of drug-likeness (QED) is 0.758. The van der Waals surface area contributed by atoms with Gasteiger partial charge in [0, 0.05) is 5.56 Å². The molecule has 3 aromatic rings. The van der Waals surface area contributed by atoms with Crippen LogP contribution in [-0.2, 0) is 0 Å². The van der Waals surface area contributed by atoms with Crippen LogP contribution in [0, 0.1) is 12.7 Å². The van der Waals surface area contributed by atoms with Crippen molar-refractivity contribution in [2.24, 2.45) is 0 Å². The summed E-state index contributed by atoms with van der Waals surface area (Å²) >= 11 is 0. The Hall–Kier alpha value is -2.49. The lowest BCUT2D eigenvalue weighted by Crippen LogP contribution is -1.89. The number of halogens is 1. The third kappa shape index (κ3) is 2.12. The maximum Gasteiger partial charge on any atom is 0.181 e. The second kappa shape index (κ2) is 4.65. The van der Waals surface area contributed by atoms with Gasteiger partial charge in [-0.3, -0.25) is 5.10 Å². The molecule has 3 rings (SSSR count). The molecule has 0 unspecified atom stereocenters. The summed E-state index contributed by atoms with van der Waals surface area (Å²) < 4.78 is 14.0. The molecule has 1 aromatic heterocycles. The Morgan fingerprint density at radius 1 is 1.00 bits per heavy atom. The highest BCUT2D eigenvalue weighted by Gasteiger charge is 2.12. The third-order valence-electron chi connectivity index (χ3n) is 2.96. The van der Waals surface area contributed by atoms with Crippen molar-refractivity contribution in [3.05, 3.63) is 59.9 Å². The Morgan fingerprint density at radius 3 is 2.58 bits per heavy atom. The van der Waals surface area contributed by atoms with Crippen LogP contribution < -0.4 is 0 Å². The van der Waals surface area contributed by atoms with Gasteiger partial charge in [0.05, 0.1) is 5.56 Å². The fourth-order valence-electron chi connectivity index (χ4n) is 1.93. The molecule has 0 spiro atoms. The summed E-state index contributed by atoms with van der Waals surface area (Å²) in [5.41, 5.74) is 1.93.